The number of amides is 1. The van der Waals surface area contributed by atoms with Crippen LogP contribution in [0, 0.1) is 0 Å². The van der Waals surface area contributed by atoms with Gasteiger partial charge in [0.1, 0.15) is 0 Å². The Bertz CT molecular complexity index is 471. The van der Waals surface area contributed by atoms with Crippen LogP contribution >= 0.6 is 23.2 Å². The first-order valence-electron chi connectivity index (χ1n) is 6.22. The van der Waals surface area contributed by atoms with Crippen LogP contribution in [-0.4, -0.2) is 23.2 Å². The fraction of sp³-hybridized carbons (Fsp3) is 0.462. The summed E-state index contributed by atoms with van der Waals surface area (Å²) in [5.41, 5.74) is 6.23. The highest BCUT2D eigenvalue weighted by molar-refractivity contribution is 6.39. The van der Waals surface area contributed by atoms with E-state index in [1.54, 1.807) is 0 Å². The van der Waals surface area contributed by atoms with Gasteiger partial charge in [-0.15, -0.1) is 0 Å². The van der Waals surface area contributed by atoms with E-state index in [2.05, 4.69) is 5.32 Å². The Morgan fingerprint density at radius 3 is 2.42 bits per heavy atom. The number of nitrogens with one attached hydrogen (secondary N) is 1. The maximum atomic E-state index is 12.1. The monoisotopic (exact) mass is 302 g/mol. The number of hydrogen-bond donors (Lipinski definition) is 3. The molecule has 2 rings (SSSR count). The number of anilines is 1. The smallest absolute Gasteiger partial charge is 0.251 e. The largest absolute Gasteiger partial charge is 0.396 e. The summed E-state index contributed by atoms with van der Waals surface area (Å²) in [6.45, 7) is 0. The predicted molar refractivity (Wildman–Crippen MR) is 76.6 cm³/mol. The van der Waals surface area contributed by atoms with Gasteiger partial charge in [0.05, 0.1) is 27.9 Å². The second-order valence-corrected chi connectivity index (χ2v) is 5.60. The lowest BCUT2D eigenvalue weighted by Crippen LogP contribution is -2.45. The highest BCUT2D eigenvalue weighted by Crippen LogP contribution is 2.29. The van der Waals surface area contributed by atoms with E-state index in [0.29, 0.717) is 12.0 Å². The molecule has 0 radical (unpaired) electrons. The number of hydrogen-bond acceptors (Lipinski definition) is 3. The van der Waals surface area contributed by atoms with E-state index in [-0.39, 0.29) is 27.7 Å². The Hall–Kier alpha value is -0.970. The molecule has 0 aromatic heterocycles. The fourth-order valence-corrected chi connectivity index (χ4v) is 2.73. The number of carbonyl (C=O) groups is 1. The van der Waals surface area contributed by atoms with Crippen molar-refractivity contribution >= 4 is 34.8 Å². The first-order chi connectivity index (χ1) is 8.99. The van der Waals surface area contributed by atoms with Gasteiger partial charge in [-0.1, -0.05) is 36.0 Å². The van der Waals surface area contributed by atoms with E-state index in [9.17, 15) is 9.90 Å². The molecule has 1 aliphatic rings. The quantitative estimate of drug-likeness (QED) is 0.735. The molecule has 1 aromatic rings. The van der Waals surface area contributed by atoms with Crippen molar-refractivity contribution in [3.05, 3.63) is 27.7 Å². The van der Waals surface area contributed by atoms with Crippen molar-refractivity contribution in [2.24, 2.45) is 0 Å². The average Bonchev–Trinajstić information content (AvgIpc) is 2.38. The number of nitrogens with two attached hydrogens (primary N) is 1. The molecule has 104 valence electrons. The molecule has 0 bridgehead atoms. The first-order valence-corrected chi connectivity index (χ1v) is 6.98. The average molecular weight is 303 g/mol. The number of halogens is 2. The van der Waals surface area contributed by atoms with Gasteiger partial charge in [-0.05, 0) is 25.0 Å². The maximum absolute atomic E-state index is 12.1. The lowest BCUT2D eigenvalue weighted by molar-refractivity contribution is 0.0717. The standard InChI is InChI=1S/C13H16Cl2N2O2/c14-8-5-7(6-9(15)12(8)16)13(19)17-10-3-1-2-4-11(10)18/h5-6,10-11,18H,1-4,16H2,(H,17,19)/t10-,11-/m0/s1. The number of nitrogen functional groups attached to an aromatic ring is 1. The summed E-state index contributed by atoms with van der Waals surface area (Å²) in [4.78, 5) is 12.1. The molecule has 4 N–H and O–H groups in total. The third kappa shape index (κ3) is 3.32. The van der Waals surface area contributed by atoms with Gasteiger partial charge >= 0.3 is 0 Å². The van der Waals surface area contributed by atoms with Gasteiger partial charge < -0.3 is 16.2 Å². The molecule has 1 aliphatic carbocycles. The summed E-state index contributed by atoms with van der Waals surface area (Å²) in [6.07, 6.45) is 3.01. The van der Waals surface area contributed by atoms with Crippen LogP contribution in [0.25, 0.3) is 0 Å². The molecule has 0 unspecified atom stereocenters. The van der Waals surface area contributed by atoms with Gasteiger partial charge in [-0.25, -0.2) is 0 Å². The lowest BCUT2D eigenvalue weighted by Gasteiger charge is -2.28. The third-order valence-corrected chi connectivity index (χ3v) is 4.01. The van der Waals surface area contributed by atoms with E-state index in [0.717, 1.165) is 19.3 Å². The van der Waals surface area contributed by atoms with Gasteiger partial charge in [0.15, 0.2) is 0 Å². The summed E-state index contributed by atoms with van der Waals surface area (Å²) in [7, 11) is 0. The van der Waals surface area contributed by atoms with E-state index >= 15 is 0 Å². The van der Waals surface area contributed by atoms with Crippen molar-refractivity contribution < 1.29 is 9.90 Å². The minimum absolute atomic E-state index is 0.212. The van der Waals surface area contributed by atoms with Crippen molar-refractivity contribution in [3.8, 4) is 0 Å². The molecule has 1 amide bonds. The summed E-state index contributed by atoms with van der Waals surface area (Å²) in [5, 5.41) is 13.1. The Morgan fingerprint density at radius 1 is 1.26 bits per heavy atom. The SMILES string of the molecule is Nc1c(Cl)cc(C(=O)N[C@H]2CCCC[C@@H]2O)cc1Cl. The number of benzene rings is 1. The predicted octanol–water partition coefficient (Wildman–Crippen LogP) is 2.61. The van der Waals surface area contributed by atoms with Crippen molar-refractivity contribution in [3.63, 3.8) is 0 Å². The molecule has 0 heterocycles. The highest BCUT2D eigenvalue weighted by atomic mass is 35.5. The van der Waals surface area contributed by atoms with E-state index < -0.39 is 6.10 Å². The Balaban J connectivity index is 2.11. The molecule has 1 aromatic carbocycles. The van der Waals surface area contributed by atoms with Gasteiger partial charge in [-0.2, -0.15) is 0 Å². The molecular weight excluding hydrogens is 287 g/mol. The van der Waals surface area contributed by atoms with Crippen molar-refractivity contribution in [2.75, 3.05) is 5.73 Å². The molecule has 0 aliphatic heterocycles. The van der Waals surface area contributed by atoms with Crippen molar-refractivity contribution in [1.29, 1.82) is 0 Å². The molecule has 0 saturated heterocycles. The van der Waals surface area contributed by atoms with E-state index in [1.165, 1.54) is 12.1 Å². The molecular formula is C13H16Cl2N2O2. The number of rotatable bonds is 2. The topological polar surface area (TPSA) is 75.4 Å². The Morgan fingerprint density at radius 2 is 1.84 bits per heavy atom. The van der Waals surface area contributed by atoms with Gasteiger partial charge in [0, 0.05) is 5.56 Å². The van der Waals surface area contributed by atoms with Gasteiger partial charge in [0.25, 0.3) is 5.91 Å². The van der Waals surface area contributed by atoms with Crippen LogP contribution in [0.4, 0.5) is 5.69 Å². The number of aliphatic hydroxyl groups is 1. The molecule has 4 nitrogen and oxygen atoms in total. The summed E-state index contributed by atoms with van der Waals surface area (Å²) in [6, 6.07) is 2.75. The minimum Gasteiger partial charge on any atom is -0.396 e. The highest BCUT2D eigenvalue weighted by Gasteiger charge is 2.25. The van der Waals surface area contributed by atoms with Crippen LogP contribution in [0.2, 0.25) is 10.0 Å². The summed E-state index contributed by atoms with van der Waals surface area (Å²) in [5.74, 6) is -0.297. The third-order valence-electron chi connectivity index (χ3n) is 3.39. The number of aliphatic hydroxyl groups excluding tert-OH is 1. The molecule has 2 atom stereocenters. The maximum Gasteiger partial charge on any atom is 0.251 e. The molecule has 6 heteroatoms. The van der Waals surface area contributed by atoms with Crippen LogP contribution in [0.15, 0.2) is 12.1 Å². The van der Waals surface area contributed by atoms with Gasteiger partial charge in [0.2, 0.25) is 0 Å². The van der Waals surface area contributed by atoms with Gasteiger partial charge in [-0.3, -0.25) is 4.79 Å². The van der Waals surface area contributed by atoms with Crippen molar-refractivity contribution in [2.45, 2.75) is 37.8 Å². The fourth-order valence-electron chi connectivity index (χ4n) is 2.25. The van der Waals surface area contributed by atoms with Crippen LogP contribution in [-0.2, 0) is 0 Å². The van der Waals surface area contributed by atoms with Crippen LogP contribution in [0.5, 0.6) is 0 Å². The first kappa shape index (κ1) is 14.4. The Labute approximate surface area is 121 Å². The molecule has 1 fully saturated rings. The van der Waals surface area contributed by atoms with Crippen LogP contribution in [0.1, 0.15) is 36.0 Å². The van der Waals surface area contributed by atoms with E-state index in [4.69, 9.17) is 28.9 Å². The normalized spacial score (nSPS) is 23.1. The minimum atomic E-state index is -0.488. The second kappa shape index (κ2) is 5.99. The zero-order valence-electron chi connectivity index (χ0n) is 10.3. The van der Waals surface area contributed by atoms with Crippen molar-refractivity contribution in [1.82, 2.24) is 5.32 Å². The molecule has 1 saturated carbocycles. The molecule has 19 heavy (non-hydrogen) atoms. The zero-order valence-corrected chi connectivity index (χ0v) is 11.8. The molecule has 0 spiro atoms. The lowest BCUT2D eigenvalue weighted by atomic mass is 9.92. The Kier molecular flexibility index (Phi) is 4.55. The van der Waals surface area contributed by atoms with Crippen LogP contribution < -0.4 is 11.1 Å². The summed E-state index contributed by atoms with van der Waals surface area (Å²) < 4.78 is 0. The zero-order chi connectivity index (χ0) is 14.0. The van der Waals surface area contributed by atoms with E-state index in [1.807, 2.05) is 0 Å². The van der Waals surface area contributed by atoms with Crippen LogP contribution in [0.3, 0.4) is 0 Å². The number of carbonyl (C=O) groups excluding carboxylic acids is 1. The second-order valence-electron chi connectivity index (χ2n) is 4.79. The summed E-state index contributed by atoms with van der Waals surface area (Å²) >= 11 is 11.8.